The van der Waals surface area contributed by atoms with Crippen molar-refractivity contribution < 1.29 is 17.9 Å². The van der Waals surface area contributed by atoms with E-state index in [1.54, 1.807) is 37.7 Å². The van der Waals surface area contributed by atoms with Crippen molar-refractivity contribution in [3.8, 4) is 5.75 Å². The van der Waals surface area contributed by atoms with Gasteiger partial charge in [0.2, 0.25) is 15.9 Å². The molecule has 1 N–H and O–H groups in total. The summed E-state index contributed by atoms with van der Waals surface area (Å²) in [6, 6.07) is 8.49. The van der Waals surface area contributed by atoms with Gasteiger partial charge >= 0.3 is 0 Å². The SMILES string of the molecule is COc1ccc(S(=O)(=O)N2CCCC(C(=O)NCc3ccncc3)C2)cc1C. The van der Waals surface area contributed by atoms with E-state index in [-0.39, 0.29) is 23.3 Å². The summed E-state index contributed by atoms with van der Waals surface area (Å²) < 4.78 is 32.7. The van der Waals surface area contributed by atoms with Gasteiger partial charge in [0, 0.05) is 32.0 Å². The van der Waals surface area contributed by atoms with Crippen LogP contribution in [-0.2, 0) is 21.4 Å². The van der Waals surface area contributed by atoms with Gasteiger partial charge in [0.05, 0.1) is 17.9 Å². The monoisotopic (exact) mass is 403 g/mol. The van der Waals surface area contributed by atoms with Crippen molar-refractivity contribution in [1.82, 2.24) is 14.6 Å². The third kappa shape index (κ3) is 4.51. The molecule has 1 amide bonds. The molecule has 1 aromatic heterocycles. The van der Waals surface area contributed by atoms with Gasteiger partial charge in [-0.2, -0.15) is 4.31 Å². The summed E-state index contributed by atoms with van der Waals surface area (Å²) >= 11 is 0. The van der Waals surface area contributed by atoms with E-state index >= 15 is 0 Å². The average molecular weight is 404 g/mol. The van der Waals surface area contributed by atoms with Crippen molar-refractivity contribution in [2.45, 2.75) is 31.2 Å². The Kier molecular flexibility index (Phi) is 6.31. The number of piperidine rings is 1. The van der Waals surface area contributed by atoms with Crippen LogP contribution in [0.3, 0.4) is 0 Å². The van der Waals surface area contributed by atoms with Crippen molar-refractivity contribution in [2.75, 3.05) is 20.2 Å². The number of hydrogen-bond acceptors (Lipinski definition) is 5. The highest BCUT2D eigenvalue weighted by Crippen LogP contribution is 2.27. The number of pyridine rings is 1. The zero-order valence-corrected chi connectivity index (χ0v) is 16.9. The number of amides is 1. The summed E-state index contributed by atoms with van der Waals surface area (Å²) in [6.45, 7) is 2.82. The lowest BCUT2D eigenvalue weighted by molar-refractivity contribution is -0.126. The molecule has 2 heterocycles. The number of nitrogens with zero attached hydrogens (tertiary/aromatic N) is 2. The van der Waals surface area contributed by atoms with Gasteiger partial charge in [0.1, 0.15) is 5.75 Å². The standard InChI is InChI=1S/C20H25N3O4S/c1-15-12-18(5-6-19(15)27-2)28(25,26)23-11-3-4-17(14-23)20(24)22-13-16-7-9-21-10-8-16/h5-10,12,17H,3-4,11,13-14H2,1-2H3,(H,22,24). The Morgan fingerprint density at radius 3 is 2.71 bits per heavy atom. The van der Waals surface area contributed by atoms with Crippen LogP contribution in [0, 0.1) is 12.8 Å². The molecule has 7 nitrogen and oxygen atoms in total. The second-order valence-electron chi connectivity index (χ2n) is 6.91. The number of sulfonamides is 1. The Morgan fingerprint density at radius 1 is 1.29 bits per heavy atom. The van der Waals surface area contributed by atoms with E-state index in [0.29, 0.717) is 31.7 Å². The quantitative estimate of drug-likeness (QED) is 0.798. The first-order valence-corrected chi connectivity index (χ1v) is 10.7. The lowest BCUT2D eigenvalue weighted by Gasteiger charge is -2.31. The molecule has 1 aromatic carbocycles. The predicted octanol–water partition coefficient (Wildman–Crippen LogP) is 2.12. The lowest BCUT2D eigenvalue weighted by atomic mass is 9.99. The molecule has 1 unspecified atom stereocenters. The fraction of sp³-hybridized carbons (Fsp3) is 0.400. The molecule has 1 saturated heterocycles. The van der Waals surface area contributed by atoms with Gasteiger partial charge in [0.15, 0.2) is 0 Å². The summed E-state index contributed by atoms with van der Waals surface area (Å²) in [5.74, 6) is 0.165. The molecule has 0 radical (unpaired) electrons. The number of aromatic nitrogens is 1. The first-order chi connectivity index (χ1) is 13.4. The molecule has 150 valence electrons. The second-order valence-corrected chi connectivity index (χ2v) is 8.84. The van der Waals surface area contributed by atoms with Crippen LogP contribution < -0.4 is 10.1 Å². The maximum absolute atomic E-state index is 13.0. The molecule has 8 heteroatoms. The summed E-state index contributed by atoms with van der Waals surface area (Å²) in [7, 11) is -2.10. The zero-order valence-electron chi connectivity index (χ0n) is 16.1. The van der Waals surface area contributed by atoms with Gasteiger partial charge in [-0.25, -0.2) is 8.42 Å². The smallest absolute Gasteiger partial charge is 0.243 e. The van der Waals surface area contributed by atoms with Crippen LogP contribution in [0.15, 0.2) is 47.6 Å². The first kappa shape index (κ1) is 20.3. The van der Waals surface area contributed by atoms with Crippen molar-refractivity contribution in [3.05, 3.63) is 53.9 Å². The molecule has 0 saturated carbocycles. The number of aryl methyl sites for hydroxylation is 1. The van der Waals surface area contributed by atoms with Gasteiger partial charge in [-0.15, -0.1) is 0 Å². The molecule has 0 bridgehead atoms. The Morgan fingerprint density at radius 2 is 2.04 bits per heavy atom. The predicted molar refractivity (Wildman–Crippen MR) is 105 cm³/mol. The Hall–Kier alpha value is -2.45. The highest BCUT2D eigenvalue weighted by molar-refractivity contribution is 7.89. The molecule has 1 fully saturated rings. The van der Waals surface area contributed by atoms with E-state index < -0.39 is 10.0 Å². The third-order valence-corrected chi connectivity index (χ3v) is 6.84. The number of carbonyl (C=O) groups is 1. The fourth-order valence-electron chi connectivity index (χ4n) is 3.37. The minimum Gasteiger partial charge on any atom is -0.496 e. The van der Waals surface area contributed by atoms with Crippen LogP contribution in [0.25, 0.3) is 0 Å². The number of nitrogens with one attached hydrogen (secondary N) is 1. The van der Waals surface area contributed by atoms with E-state index in [2.05, 4.69) is 10.3 Å². The Bertz CT molecular complexity index is 932. The van der Waals surface area contributed by atoms with E-state index in [1.165, 1.54) is 4.31 Å². The summed E-state index contributed by atoms with van der Waals surface area (Å²) in [5.41, 5.74) is 1.71. The van der Waals surface area contributed by atoms with Crippen LogP contribution in [0.2, 0.25) is 0 Å². The van der Waals surface area contributed by atoms with Gasteiger partial charge in [-0.05, 0) is 61.2 Å². The number of hydrogen-bond donors (Lipinski definition) is 1. The summed E-state index contributed by atoms with van der Waals surface area (Å²) in [6.07, 6.45) is 4.68. The minimum absolute atomic E-state index is 0.123. The molecule has 0 spiro atoms. The second kappa shape index (κ2) is 8.70. The van der Waals surface area contributed by atoms with E-state index in [0.717, 1.165) is 11.1 Å². The van der Waals surface area contributed by atoms with Crippen molar-refractivity contribution in [1.29, 1.82) is 0 Å². The summed E-state index contributed by atoms with van der Waals surface area (Å²) in [4.78, 5) is 16.7. The van der Waals surface area contributed by atoms with Crippen molar-refractivity contribution >= 4 is 15.9 Å². The zero-order chi connectivity index (χ0) is 20.1. The largest absolute Gasteiger partial charge is 0.496 e. The average Bonchev–Trinajstić information content (AvgIpc) is 2.72. The molecular weight excluding hydrogens is 378 g/mol. The first-order valence-electron chi connectivity index (χ1n) is 9.23. The van der Waals surface area contributed by atoms with Gasteiger partial charge in [-0.3, -0.25) is 9.78 Å². The molecule has 28 heavy (non-hydrogen) atoms. The molecule has 1 aliphatic rings. The number of rotatable bonds is 6. The van der Waals surface area contributed by atoms with Crippen molar-refractivity contribution in [2.24, 2.45) is 5.92 Å². The van der Waals surface area contributed by atoms with Gasteiger partial charge in [-0.1, -0.05) is 0 Å². The number of carbonyl (C=O) groups excluding carboxylic acids is 1. The number of benzene rings is 1. The van der Waals surface area contributed by atoms with E-state index in [9.17, 15) is 13.2 Å². The Labute approximate surface area is 165 Å². The minimum atomic E-state index is -3.65. The topological polar surface area (TPSA) is 88.6 Å². The third-order valence-electron chi connectivity index (χ3n) is 4.98. The number of ether oxygens (including phenoxy) is 1. The highest BCUT2D eigenvalue weighted by Gasteiger charge is 2.33. The fourth-order valence-corrected chi connectivity index (χ4v) is 4.98. The highest BCUT2D eigenvalue weighted by atomic mass is 32.2. The van der Waals surface area contributed by atoms with E-state index in [1.807, 2.05) is 19.1 Å². The summed E-state index contributed by atoms with van der Waals surface area (Å²) in [5, 5.41) is 2.90. The Balaban J connectivity index is 1.68. The molecule has 3 rings (SSSR count). The van der Waals surface area contributed by atoms with Crippen LogP contribution in [0.4, 0.5) is 0 Å². The molecule has 0 aliphatic carbocycles. The maximum atomic E-state index is 13.0. The van der Waals surface area contributed by atoms with Gasteiger partial charge in [0.25, 0.3) is 0 Å². The van der Waals surface area contributed by atoms with Crippen LogP contribution in [-0.4, -0.2) is 43.8 Å². The van der Waals surface area contributed by atoms with Crippen molar-refractivity contribution in [3.63, 3.8) is 0 Å². The molecule has 2 aromatic rings. The molecule has 1 atom stereocenters. The maximum Gasteiger partial charge on any atom is 0.243 e. The van der Waals surface area contributed by atoms with Gasteiger partial charge < -0.3 is 10.1 Å². The van der Waals surface area contributed by atoms with Crippen LogP contribution in [0.1, 0.15) is 24.0 Å². The lowest BCUT2D eigenvalue weighted by Crippen LogP contribution is -2.45. The van der Waals surface area contributed by atoms with E-state index in [4.69, 9.17) is 4.74 Å². The van der Waals surface area contributed by atoms with Crippen LogP contribution >= 0.6 is 0 Å². The molecular formula is C20H25N3O4S. The number of methoxy groups -OCH3 is 1. The van der Waals surface area contributed by atoms with Crippen LogP contribution in [0.5, 0.6) is 5.75 Å². The molecule has 1 aliphatic heterocycles. The normalized spacial score (nSPS) is 17.9.